The number of aryl methyl sites for hydroxylation is 2. The highest BCUT2D eigenvalue weighted by Crippen LogP contribution is 2.24. The molecule has 0 bridgehead atoms. The second-order valence-corrected chi connectivity index (χ2v) is 7.87. The average Bonchev–Trinajstić information content (AvgIpc) is 2.53. The molecule has 0 heterocycles. The van der Waals surface area contributed by atoms with Crippen molar-refractivity contribution in [2.75, 3.05) is 0 Å². The van der Waals surface area contributed by atoms with Crippen LogP contribution in [0.15, 0.2) is 18.2 Å². The molecule has 0 saturated heterocycles. The molecule has 0 aliphatic carbocycles. The van der Waals surface area contributed by atoms with Gasteiger partial charge < -0.3 is 4.74 Å². The average molecular weight is 357 g/mol. The van der Waals surface area contributed by atoms with Gasteiger partial charge in [-0.3, -0.25) is 4.55 Å². The molecule has 138 valence electrons. The summed E-state index contributed by atoms with van der Waals surface area (Å²) in [6, 6.07) is 5.81. The molecule has 4 nitrogen and oxygen atoms in total. The van der Waals surface area contributed by atoms with Crippen molar-refractivity contribution in [3.8, 4) is 5.75 Å². The first-order valence-electron chi connectivity index (χ1n) is 9.17. The monoisotopic (exact) mass is 356 g/mol. The van der Waals surface area contributed by atoms with E-state index in [1.54, 1.807) is 6.92 Å². The van der Waals surface area contributed by atoms with E-state index in [1.807, 2.05) is 18.2 Å². The van der Waals surface area contributed by atoms with Crippen LogP contribution in [0.3, 0.4) is 0 Å². The van der Waals surface area contributed by atoms with Crippen LogP contribution in [0.4, 0.5) is 0 Å². The SMILES string of the molecule is CCCCCc1ccc(OC(CC)S(=O)(=O)O)cc1CCCCC. The molecule has 0 spiro atoms. The third kappa shape index (κ3) is 7.22. The van der Waals surface area contributed by atoms with Crippen molar-refractivity contribution < 1.29 is 17.7 Å². The highest BCUT2D eigenvalue weighted by atomic mass is 32.2. The van der Waals surface area contributed by atoms with Gasteiger partial charge in [-0.1, -0.05) is 52.5 Å². The minimum absolute atomic E-state index is 0.211. The molecular formula is C19H32O4S. The van der Waals surface area contributed by atoms with Gasteiger partial charge in [-0.15, -0.1) is 0 Å². The van der Waals surface area contributed by atoms with Crippen LogP contribution in [0, 0.1) is 0 Å². The molecule has 0 aromatic heterocycles. The van der Waals surface area contributed by atoms with Crippen LogP contribution in [-0.4, -0.2) is 18.4 Å². The van der Waals surface area contributed by atoms with Crippen molar-refractivity contribution in [1.29, 1.82) is 0 Å². The smallest absolute Gasteiger partial charge is 0.303 e. The summed E-state index contributed by atoms with van der Waals surface area (Å²) in [7, 11) is -4.20. The maximum Gasteiger partial charge on any atom is 0.303 e. The molecule has 1 unspecified atom stereocenters. The fourth-order valence-electron chi connectivity index (χ4n) is 2.79. The molecule has 1 N–H and O–H groups in total. The summed E-state index contributed by atoms with van der Waals surface area (Å²) in [5.41, 5.74) is 1.36. The Labute approximate surface area is 147 Å². The Morgan fingerprint density at radius 1 is 0.958 bits per heavy atom. The standard InChI is InChI=1S/C19H32O4S/c1-4-7-9-11-16-13-14-18(15-17(16)12-10-8-5-2)23-19(6-3)24(20,21)22/h13-15,19H,4-12H2,1-3H3,(H,20,21,22). The van der Waals surface area contributed by atoms with Crippen molar-refractivity contribution in [2.45, 2.75) is 84.0 Å². The molecule has 5 heteroatoms. The third-order valence-corrected chi connectivity index (χ3v) is 5.30. The zero-order chi connectivity index (χ0) is 18.0. The van der Waals surface area contributed by atoms with Crippen LogP contribution in [0.5, 0.6) is 5.75 Å². The Kier molecular flexibility index (Phi) is 9.37. The zero-order valence-electron chi connectivity index (χ0n) is 15.3. The van der Waals surface area contributed by atoms with Gasteiger partial charge in [0.05, 0.1) is 0 Å². The highest BCUT2D eigenvalue weighted by Gasteiger charge is 2.23. The molecule has 0 radical (unpaired) electrons. The lowest BCUT2D eigenvalue weighted by Crippen LogP contribution is -2.26. The van der Waals surface area contributed by atoms with Crippen molar-refractivity contribution in [3.63, 3.8) is 0 Å². The number of ether oxygens (including phenoxy) is 1. The van der Waals surface area contributed by atoms with Gasteiger partial charge in [-0.2, -0.15) is 8.42 Å². The number of hydrogen-bond donors (Lipinski definition) is 1. The Balaban J connectivity index is 2.92. The summed E-state index contributed by atoms with van der Waals surface area (Å²) >= 11 is 0. The van der Waals surface area contributed by atoms with Crippen LogP contribution in [0.1, 0.15) is 76.8 Å². The second kappa shape index (κ2) is 10.7. The lowest BCUT2D eigenvalue weighted by atomic mass is 9.97. The summed E-state index contributed by atoms with van der Waals surface area (Å²) in [4.78, 5) is 0. The largest absolute Gasteiger partial charge is 0.472 e. The van der Waals surface area contributed by atoms with Crippen LogP contribution in [0.25, 0.3) is 0 Å². The van der Waals surface area contributed by atoms with Crippen LogP contribution in [-0.2, 0) is 23.0 Å². The predicted octanol–water partition coefficient (Wildman–Crippen LogP) is 5.15. The molecule has 24 heavy (non-hydrogen) atoms. The molecule has 0 aliphatic heterocycles. The van der Waals surface area contributed by atoms with E-state index in [9.17, 15) is 13.0 Å². The van der Waals surface area contributed by atoms with Gasteiger partial charge in [0, 0.05) is 0 Å². The second-order valence-electron chi connectivity index (χ2n) is 6.32. The van der Waals surface area contributed by atoms with E-state index in [4.69, 9.17) is 4.74 Å². The van der Waals surface area contributed by atoms with Crippen LogP contribution in [0.2, 0.25) is 0 Å². The number of unbranched alkanes of at least 4 members (excludes halogenated alkanes) is 4. The molecule has 0 amide bonds. The summed E-state index contributed by atoms with van der Waals surface area (Å²) in [5, 5.41) is 0. The molecule has 1 rings (SSSR count). The minimum Gasteiger partial charge on any atom is -0.472 e. The fourth-order valence-corrected chi connectivity index (χ4v) is 3.44. The minimum atomic E-state index is -4.20. The van der Waals surface area contributed by atoms with Gasteiger partial charge in [0.25, 0.3) is 0 Å². The molecular weight excluding hydrogens is 324 g/mol. The van der Waals surface area contributed by atoms with Crippen molar-refractivity contribution >= 4 is 10.1 Å². The van der Waals surface area contributed by atoms with E-state index >= 15 is 0 Å². The highest BCUT2D eigenvalue weighted by molar-refractivity contribution is 7.86. The van der Waals surface area contributed by atoms with Crippen LogP contribution >= 0.6 is 0 Å². The van der Waals surface area contributed by atoms with Crippen molar-refractivity contribution in [3.05, 3.63) is 29.3 Å². The first kappa shape index (κ1) is 21.0. The normalized spacial score (nSPS) is 13.0. The molecule has 0 aliphatic rings. The first-order chi connectivity index (χ1) is 11.4. The quantitative estimate of drug-likeness (QED) is 0.415. The molecule has 0 saturated carbocycles. The fraction of sp³-hybridized carbons (Fsp3) is 0.684. The molecule has 1 aromatic carbocycles. The molecule has 0 fully saturated rings. The Morgan fingerprint density at radius 2 is 1.54 bits per heavy atom. The lowest BCUT2D eigenvalue weighted by Gasteiger charge is -2.17. The maximum atomic E-state index is 11.3. The van der Waals surface area contributed by atoms with Gasteiger partial charge in [-0.05, 0) is 55.4 Å². The van der Waals surface area contributed by atoms with Gasteiger partial charge >= 0.3 is 10.1 Å². The molecule has 1 aromatic rings. The summed E-state index contributed by atoms with van der Waals surface area (Å²) < 4.78 is 37.4. The Bertz CT molecular complexity index is 581. The Hall–Kier alpha value is -1.07. The van der Waals surface area contributed by atoms with E-state index in [-0.39, 0.29) is 6.42 Å². The predicted molar refractivity (Wildman–Crippen MR) is 99.2 cm³/mol. The number of hydrogen-bond acceptors (Lipinski definition) is 3. The van der Waals surface area contributed by atoms with E-state index in [0.29, 0.717) is 5.75 Å². The van der Waals surface area contributed by atoms with E-state index in [2.05, 4.69) is 13.8 Å². The van der Waals surface area contributed by atoms with E-state index in [1.165, 1.54) is 43.2 Å². The van der Waals surface area contributed by atoms with Gasteiger partial charge in [0.15, 0.2) is 0 Å². The summed E-state index contributed by atoms with van der Waals surface area (Å²) in [6.45, 7) is 6.05. The van der Waals surface area contributed by atoms with Gasteiger partial charge in [-0.25, -0.2) is 0 Å². The topological polar surface area (TPSA) is 63.6 Å². The van der Waals surface area contributed by atoms with E-state index in [0.717, 1.165) is 19.3 Å². The lowest BCUT2D eigenvalue weighted by molar-refractivity contribution is 0.252. The van der Waals surface area contributed by atoms with Crippen LogP contribution < -0.4 is 4.74 Å². The molecule has 1 atom stereocenters. The third-order valence-electron chi connectivity index (χ3n) is 4.21. The van der Waals surface area contributed by atoms with E-state index < -0.39 is 15.6 Å². The Morgan fingerprint density at radius 3 is 2.04 bits per heavy atom. The zero-order valence-corrected chi connectivity index (χ0v) is 16.1. The van der Waals surface area contributed by atoms with Crippen molar-refractivity contribution in [2.24, 2.45) is 0 Å². The van der Waals surface area contributed by atoms with Gasteiger partial charge in [0.2, 0.25) is 5.44 Å². The first-order valence-corrected chi connectivity index (χ1v) is 10.7. The number of benzene rings is 1. The summed E-state index contributed by atoms with van der Waals surface area (Å²) in [6.07, 6.45) is 9.29. The maximum absolute atomic E-state index is 11.3. The number of rotatable bonds is 12. The summed E-state index contributed by atoms with van der Waals surface area (Å²) in [5.74, 6) is 0.519. The van der Waals surface area contributed by atoms with Gasteiger partial charge in [0.1, 0.15) is 5.75 Å². The van der Waals surface area contributed by atoms with Crippen molar-refractivity contribution in [1.82, 2.24) is 0 Å².